The Kier molecular flexibility index (Phi) is 5.12. The van der Waals surface area contributed by atoms with E-state index in [1.165, 1.54) is 10.3 Å². The minimum absolute atomic E-state index is 0.196. The first kappa shape index (κ1) is 17.2. The molecule has 2 N–H and O–H groups in total. The van der Waals surface area contributed by atoms with Crippen molar-refractivity contribution in [2.45, 2.75) is 6.42 Å². The highest BCUT2D eigenvalue weighted by atomic mass is 32.1. The van der Waals surface area contributed by atoms with Crippen molar-refractivity contribution in [2.24, 2.45) is 0 Å². The van der Waals surface area contributed by atoms with E-state index in [1.54, 1.807) is 11.3 Å². The van der Waals surface area contributed by atoms with Crippen LogP contribution in [0, 0.1) is 0 Å². The van der Waals surface area contributed by atoms with E-state index in [2.05, 4.69) is 33.8 Å². The van der Waals surface area contributed by atoms with Crippen molar-refractivity contribution in [1.82, 2.24) is 10.3 Å². The zero-order valence-corrected chi connectivity index (χ0v) is 15.5. The molecule has 134 valence electrons. The number of anilines is 1. The molecule has 4 aromatic rings. The van der Waals surface area contributed by atoms with Crippen molar-refractivity contribution in [2.75, 3.05) is 11.9 Å². The lowest BCUT2D eigenvalue weighted by atomic mass is 10.1. The summed E-state index contributed by atoms with van der Waals surface area (Å²) in [7, 11) is 0. The highest BCUT2D eigenvalue weighted by Gasteiger charge is 2.07. The summed E-state index contributed by atoms with van der Waals surface area (Å²) >= 11 is 1.67. The number of amides is 2. The van der Waals surface area contributed by atoms with E-state index >= 15 is 0 Å². The second kappa shape index (κ2) is 8.01. The van der Waals surface area contributed by atoms with Crippen molar-refractivity contribution in [3.63, 3.8) is 0 Å². The Morgan fingerprint density at radius 2 is 1.63 bits per heavy atom. The van der Waals surface area contributed by atoms with Gasteiger partial charge in [-0.05, 0) is 48.4 Å². The van der Waals surface area contributed by atoms with Crippen molar-refractivity contribution in [3.05, 3.63) is 84.4 Å². The summed E-state index contributed by atoms with van der Waals surface area (Å²) in [6.45, 7) is 0.597. The van der Waals surface area contributed by atoms with Gasteiger partial charge in [0.15, 0.2) is 0 Å². The molecule has 0 saturated carbocycles. The van der Waals surface area contributed by atoms with Crippen LogP contribution in [0.5, 0.6) is 0 Å². The smallest absolute Gasteiger partial charge is 0.319 e. The number of rotatable bonds is 5. The molecular weight excluding hydrogens is 354 g/mol. The third kappa shape index (κ3) is 4.33. The normalized spacial score (nSPS) is 10.7. The van der Waals surface area contributed by atoms with Crippen molar-refractivity contribution >= 4 is 33.3 Å². The Morgan fingerprint density at radius 3 is 2.41 bits per heavy atom. The zero-order chi connectivity index (χ0) is 18.5. The summed E-state index contributed by atoms with van der Waals surface area (Å²) in [6, 6.07) is 25.8. The summed E-state index contributed by atoms with van der Waals surface area (Å²) in [5.74, 6) is 0. The molecule has 0 fully saturated rings. The molecule has 1 aromatic heterocycles. The maximum absolute atomic E-state index is 12.0. The lowest BCUT2D eigenvalue weighted by Gasteiger charge is -2.08. The number of aromatic nitrogens is 1. The van der Waals surface area contributed by atoms with Crippen LogP contribution in [0.2, 0.25) is 0 Å². The second-order valence-corrected chi connectivity index (χ2v) is 7.21. The van der Waals surface area contributed by atoms with E-state index < -0.39 is 0 Å². The number of nitrogens with one attached hydrogen (secondary N) is 2. The lowest BCUT2D eigenvalue weighted by molar-refractivity contribution is 0.252. The maximum Gasteiger partial charge on any atom is 0.319 e. The fraction of sp³-hybridized carbons (Fsp3) is 0.0909. The standard InChI is InChI=1S/C22H19N3OS/c26-22(23-15-14-16-6-2-1-3-7-16)24-18-12-10-17(11-13-18)21-25-19-8-4-5-9-20(19)27-21/h1-13H,14-15H2,(H2,23,24,26). The van der Waals surface area contributed by atoms with Crippen LogP contribution in [0.1, 0.15) is 5.56 Å². The number of para-hydroxylation sites is 1. The van der Waals surface area contributed by atoms with E-state index in [9.17, 15) is 4.79 Å². The number of benzene rings is 3. The molecule has 0 aliphatic carbocycles. The first-order valence-electron chi connectivity index (χ1n) is 8.83. The molecular formula is C22H19N3OS. The van der Waals surface area contributed by atoms with Crippen LogP contribution in [-0.2, 0) is 6.42 Å². The van der Waals surface area contributed by atoms with Gasteiger partial charge >= 0.3 is 6.03 Å². The van der Waals surface area contributed by atoms with Gasteiger partial charge in [-0.25, -0.2) is 9.78 Å². The largest absolute Gasteiger partial charge is 0.338 e. The van der Waals surface area contributed by atoms with Crippen LogP contribution in [0.25, 0.3) is 20.8 Å². The van der Waals surface area contributed by atoms with E-state index in [0.717, 1.165) is 28.2 Å². The van der Waals surface area contributed by atoms with Gasteiger partial charge in [-0.2, -0.15) is 0 Å². The summed E-state index contributed by atoms with van der Waals surface area (Å²) in [5, 5.41) is 6.73. The number of hydrogen-bond acceptors (Lipinski definition) is 3. The van der Waals surface area contributed by atoms with Gasteiger partial charge in [-0.3, -0.25) is 0 Å². The van der Waals surface area contributed by atoms with Crippen LogP contribution in [0.4, 0.5) is 10.5 Å². The topological polar surface area (TPSA) is 54.0 Å². The molecule has 4 rings (SSSR count). The lowest BCUT2D eigenvalue weighted by Crippen LogP contribution is -2.30. The molecule has 27 heavy (non-hydrogen) atoms. The predicted octanol–water partition coefficient (Wildman–Crippen LogP) is 5.33. The molecule has 0 aliphatic heterocycles. The Hall–Kier alpha value is -3.18. The van der Waals surface area contributed by atoms with E-state index in [1.807, 2.05) is 60.7 Å². The molecule has 0 bridgehead atoms. The highest BCUT2D eigenvalue weighted by Crippen LogP contribution is 2.30. The second-order valence-electron chi connectivity index (χ2n) is 6.18. The number of carbonyl (C=O) groups is 1. The molecule has 1 heterocycles. The number of carbonyl (C=O) groups excluding carboxylic acids is 1. The van der Waals surface area contributed by atoms with Gasteiger partial charge < -0.3 is 10.6 Å². The Bertz CT molecular complexity index is 1010. The van der Waals surface area contributed by atoms with Gasteiger partial charge in [-0.15, -0.1) is 11.3 Å². The van der Waals surface area contributed by atoms with Crippen LogP contribution in [0.15, 0.2) is 78.9 Å². The molecule has 4 nitrogen and oxygen atoms in total. The number of nitrogens with zero attached hydrogens (tertiary/aromatic N) is 1. The van der Waals surface area contributed by atoms with Gasteiger partial charge in [-0.1, -0.05) is 42.5 Å². The number of hydrogen-bond donors (Lipinski definition) is 2. The molecule has 0 saturated heterocycles. The number of urea groups is 1. The summed E-state index contributed by atoms with van der Waals surface area (Å²) in [6.07, 6.45) is 0.810. The zero-order valence-electron chi connectivity index (χ0n) is 14.7. The summed E-state index contributed by atoms with van der Waals surface area (Å²) < 4.78 is 1.17. The van der Waals surface area contributed by atoms with E-state index in [0.29, 0.717) is 6.54 Å². The van der Waals surface area contributed by atoms with E-state index in [-0.39, 0.29) is 6.03 Å². The van der Waals surface area contributed by atoms with Gasteiger partial charge in [0.05, 0.1) is 10.2 Å². The molecule has 3 aromatic carbocycles. The average molecular weight is 373 g/mol. The van der Waals surface area contributed by atoms with E-state index in [4.69, 9.17) is 0 Å². The van der Waals surface area contributed by atoms with Gasteiger partial charge in [0.25, 0.3) is 0 Å². The molecule has 2 amide bonds. The van der Waals surface area contributed by atoms with Crippen LogP contribution < -0.4 is 10.6 Å². The Labute approximate surface area is 161 Å². The molecule has 0 spiro atoms. The number of thiazole rings is 1. The number of fused-ring (bicyclic) bond motifs is 1. The molecule has 0 atom stereocenters. The SMILES string of the molecule is O=C(NCCc1ccccc1)Nc1ccc(-c2nc3ccccc3s2)cc1. The minimum atomic E-state index is -0.196. The third-order valence-corrected chi connectivity index (χ3v) is 5.31. The third-order valence-electron chi connectivity index (χ3n) is 4.23. The summed E-state index contributed by atoms with van der Waals surface area (Å²) in [4.78, 5) is 16.7. The van der Waals surface area contributed by atoms with Crippen molar-refractivity contribution < 1.29 is 4.79 Å². The average Bonchev–Trinajstić information content (AvgIpc) is 3.13. The molecule has 0 aliphatic rings. The molecule has 0 radical (unpaired) electrons. The Balaban J connectivity index is 1.34. The molecule has 0 unspecified atom stereocenters. The van der Waals surface area contributed by atoms with Gasteiger partial charge in [0.2, 0.25) is 0 Å². The summed E-state index contributed by atoms with van der Waals surface area (Å²) in [5.41, 5.74) is 4.03. The minimum Gasteiger partial charge on any atom is -0.338 e. The van der Waals surface area contributed by atoms with Crippen LogP contribution in [0.3, 0.4) is 0 Å². The van der Waals surface area contributed by atoms with Crippen molar-refractivity contribution in [3.8, 4) is 10.6 Å². The quantitative estimate of drug-likeness (QED) is 0.497. The van der Waals surface area contributed by atoms with Crippen LogP contribution in [-0.4, -0.2) is 17.6 Å². The fourth-order valence-corrected chi connectivity index (χ4v) is 3.80. The van der Waals surface area contributed by atoms with Gasteiger partial charge in [0.1, 0.15) is 5.01 Å². The first-order valence-corrected chi connectivity index (χ1v) is 9.64. The maximum atomic E-state index is 12.0. The monoisotopic (exact) mass is 373 g/mol. The fourth-order valence-electron chi connectivity index (χ4n) is 2.83. The molecule has 5 heteroatoms. The van der Waals surface area contributed by atoms with Gasteiger partial charge in [0, 0.05) is 17.8 Å². The first-order chi connectivity index (χ1) is 13.3. The van der Waals surface area contributed by atoms with Crippen LogP contribution >= 0.6 is 11.3 Å². The van der Waals surface area contributed by atoms with Crippen molar-refractivity contribution in [1.29, 1.82) is 0 Å². The predicted molar refractivity (Wildman–Crippen MR) is 112 cm³/mol. The highest BCUT2D eigenvalue weighted by molar-refractivity contribution is 7.21. The Morgan fingerprint density at radius 1 is 0.889 bits per heavy atom.